The van der Waals surface area contributed by atoms with Crippen LogP contribution in [-0.4, -0.2) is 71.9 Å². The molecule has 4 atom stereocenters. The van der Waals surface area contributed by atoms with E-state index < -0.39 is 54.3 Å². The van der Waals surface area contributed by atoms with Crippen molar-refractivity contribution in [3.05, 3.63) is 65.7 Å². The lowest BCUT2D eigenvalue weighted by atomic mass is 10.0. The highest BCUT2D eigenvalue weighted by atomic mass is 35.5. The van der Waals surface area contributed by atoms with Crippen LogP contribution in [0, 0.1) is 5.92 Å². The molecule has 242 valence electrons. The molecule has 0 aliphatic heterocycles. The third-order valence-corrected chi connectivity index (χ3v) is 6.53. The number of likely N-dealkylation sites (N-methyl/N-ethyl adjacent to an activating group) is 1. The van der Waals surface area contributed by atoms with E-state index in [1.807, 2.05) is 44.2 Å². The summed E-state index contributed by atoms with van der Waals surface area (Å²) in [6, 6.07) is 11.7. The van der Waals surface area contributed by atoms with Gasteiger partial charge in [-0.2, -0.15) is 0 Å². The highest BCUT2D eigenvalue weighted by Gasteiger charge is 2.28. The van der Waals surface area contributed by atoms with Gasteiger partial charge < -0.3 is 37.4 Å². The first kappa shape index (κ1) is 37.9. The zero-order valence-electron chi connectivity index (χ0n) is 25.6. The van der Waals surface area contributed by atoms with E-state index in [0.717, 1.165) is 11.1 Å². The van der Waals surface area contributed by atoms with Crippen LogP contribution in [0.3, 0.4) is 0 Å². The first-order chi connectivity index (χ1) is 20.4. The summed E-state index contributed by atoms with van der Waals surface area (Å²) in [5.74, 6) is -2.39. The summed E-state index contributed by atoms with van der Waals surface area (Å²) in [6.07, 6.45) is 0.787. The fourth-order valence-electron chi connectivity index (χ4n) is 4.26. The molecule has 44 heavy (non-hydrogen) atoms. The maximum Gasteiger partial charge on any atom is 0.243 e. The van der Waals surface area contributed by atoms with Gasteiger partial charge in [-0.15, -0.1) is 12.4 Å². The van der Waals surface area contributed by atoms with Crippen molar-refractivity contribution in [3.8, 4) is 5.75 Å². The van der Waals surface area contributed by atoms with Crippen molar-refractivity contribution in [1.82, 2.24) is 26.6 Å². The van der Waals surface area contributed by atoms with E-state index >= 15 is 0 Å². The molecule has 2 rings (SSSR count). The molecule has 0 fully saturated rings. The minimum absolute atomic E-state index is 0. The van der Waals surface area contributed by atoms with Crippen LogP contribution < -0.4 is 32.3 Å². The quantitative estimate of drug-likeness (QED) is 0.142. The Kier molecular flexibility index (Phi) is 16.5. The maximum atomic E-state index is 13.3. The van der Waals surface area contributed by atoms with Crippen molar-refractivity contribution in [2.45, 2.75) is 71.1 Å². The van der Waals surface area contributed by atoms with Crippen molar-refractivity contribution in [3.63, 3.8) is 0 Å². The smallest absolute Gasteiger partial charge is 0.243 e. The van der Waals surface area contributed by atoms with Gasteiger partial charge in [0.05, 0.1) is 12.6 Å². The van der Waals surface area contributed by atoms with Crippen molar-refractivity contribution < 1.29 is 29.1 Å². The van der Waals surface area contributed by atoms with E-state index in [9.17, 15) is 29.1 Å². The number of nitrogens with two attached hydrogens (primary N) is 1. The number of phenols is 1. The topological polar surface area (TPSA) is 192 Å². The molecule has 2 aromatic rings. The van der Waals surface area contributed by atoms with Crippen LogP contribution in [0.15, 0.2) is 54.6 Å². The zero-order valence-corrected chi connectivity index (χ0v) is 26.4. The van der Waals surface area contributed by atoms with Crippen LogP contribution in [0.2, 0.25) is 0 Å². The monoisotopic (exact) mass is 632 g/mol. The SMILES string of the molecule is CCNC(=O)[C@@H](CC(C)C)NC(=O)[C@H](Cc1ccccc1)NC(=O)CNC(=O)[C@@H](C)NC(=O)[C@@H](N)Cc1ccc(O)cc1.Cl. The number of hydrogen-bond acceptors (Lipinski definition) is 7. The average Bonchev–Trinajstić information content (AvgIpc) is 2.96. The van der Waals surface area contributed by atoms with Gasteiger partial charge in [-0.3, -0.25) is 24.0 Å². The second kappa shape index (κ2) is 19.2. The van der Waals surface area contributed by atoms with E-state index in [1.54, 1.807) is 19.1 Å². The molecule has 0 aliphatic rings. The number of carbonyl (C=O) groups is 5. The van der Waals surface area contributed by atoms with Crippen LogP contribution in [0.4, 0.5) is 0 Å². The predicted octanol–water partition coefficient (Wildman–Crippen LogP) is 0.699. The van der Waals surface area contributed by atoms with Crippen LogP contribution >= 0.6 is 12.4 Å². The molecule has 13 heteroatoms. The van der Waals surface area contributed by atoms with Gasteiger partial charge >= 0.3 is 0 Å². The van der Waals surface area contributed by atoms with Gasteiger partial charge in [0.1, 0.15) is 23.9 Å². The van der Waals surface area contributed by atoms with Gasteiger partial charge in [0.15, 0.2) is 0 Å². The Morgan fingerprint density at radius 2 is 1.34 bits per heavy atom. The number of amides is 5. The molecule has 2 aromatic carbocycles. The van der Waals surface area contributed by atoms with E-state index in [0.29, 0.717) is 13.0 Å². The Morgan fingerprint density at radius 3 is 1.93 bits per heavy atom. The molecular weight excluding hydrogens is 588 g/mol. The summed E-state index contributed by atoms with van der Waals surface area (Å²) in [5, 5.41) is 22.5. The van der Waals surface area contributed by atoms with Gasteiger partial charge in [-0.25, -0.2) is 0 Å². The third-order valence-electron chi connectivity index (χ3n) is 6.53. The van der Waals surface area contributed by atoms with Crippen molar-refractivity contribution in [2.24, 2.45) is 11.7 Å². The normalized spacial score (nSPS) is 13.3. The zero-order chi connectivity index (χ0) is 31.9. The standard InChI is InChI=1S/C31H44N6O6.ClH/c1-5-33-30(42)25(15-19(2)3)37-31(43)26(17-21-9-7-6-8-10-21)36-27(39)18-34-28(40)20(4)35-29(41)24(32)16-22-11-13-23(38)14-12-22;/h6-14,19-20,24-26,38H,5,15-18,32H2,1-4H3,(H,33,42)(H,34,40)(H,35,41)(H,36,39)(H,37,43);1H/t20-,24+,25-,26+;/m1./s1. The van der Waals surface area contributed by atoms with Crippen LogP contribution in [0.25, 0.3) is 0 Å². The molecule has 0 spiro atoms. The molecule has 5 amide bonds. The van der Waals surface area contributed by atoms with E-state index in [4.69, 9.17) is 5.73 Å². The van der Waals surface area contributed by atoms with Gasteiger partial charge in [0.25, 0.3) is 0 Å². The number of halogens is 1. The van der Waals surface area contributed by atoms with Crippen molar-refractivity contribution in [2.75, 3.05) is 13.1 Å². The summed E-state index contributed by atoms with van der Waals surface area (Å²) >= 11 is 0. The second-order valence-electron chi connectivity index (χ2n) is 10.8. The Bertz CT molecular complexity index is 1230. The van der Waals surface area contributed by atoms with E-state index in [1.165, 1.54) is 19.1 Å². The molecule has 0 bridgehead atoms. The molecule has 0 unspecified atom stereocenters. The molecule has 0 aliphatic carbocycles. The Labute approximate surface area is 264 Å². The first-order valence-corrected chi connectivity index (χ1v) is 14.4. The Morgan fingerprint density at radius 1 is 0.727 bits per heavy atom. The molecule has 0 aromatic heterocycles. The van der Waals surface area contributed by atoms with Gasteiger partial charge in [-0.05, 0) is 55.9 Å². The third kappa shape index (κ3) is 13.4. The minimum Gasteiger partial charge on any atom is -0.508 e. The first-order valence-electron chi connectivity index (χ1n) is 14.4. The lowest BCUT2D eigenvalue weighted by Crippen LogP contribution is -2.56. The van der Waals surface area contributed by atoms with E-state index in [2.05, 4.69) is 26.6 Å². The Hall–Kier alpha value is -4.16. The number of hydrogen-bond donors (Lipinski definition) is 7. The van der Waals surface area contributed by atoms with Gasteiger partial charge in [0.2, 0.25) is 29.5 Å². The summed E-state index contributed by atoms with van der Waals surface area (Å²) in [5.41, 5.74) is 7.50. The lowest BCUT2D eigenvalue weighted by molar-refractivity contribution is -0.133. The summed E-state index contributed by atoms with van der Waals surface area (Å²) in [4.78, 5) is 63.8. The fraction of sp³-hybridized carbons (Fsp3) is 0.452. The van der Waals surface area contributed by atoms with Gasteiger partial charge in [-0.1, -0.05) is 56.3 Å². The number of rotatable bonds is 16. The number of carbonyl (C=O) groups excluding carboxylic acids is 5. The minimum atomic E-state index is -1.01. The largest absolute Gasteiger partial charge is 0.508 e. The highest BCUT2D eigenvalue weighted by Crippen LogP contribution is 2.11. The molecule has 0 saturated heterocycles. The second-order valence-corrected chi connectivity index (χ2v) is 10.8. The number of nitrogens with one attached hydrogen (secondary N) is 5. The van der Waals surface area contributed by atoms with Crippen molar-refractivity contribution in [1.29, 1.82) is 0 Å². The van der Waals surface area contributed by atoms with Crippen LogP contribution in [0.1, 0.15) is 45.2 Å². The molecular formula is C31H45ClN6O6. The fourth-order valence-corrected chi connectivity index (χ4v) is 4.26. The predicted molar refractivity (Wildman–Crippen MR) is 170 cm³/mol. The average molecular weight is 633 g/mol. The molecule has 8 N–H and O–H groups in total. The van der Waals surface area contributed by atoms with E-state index in [-0.39, 0.29) is 42.8 Å². The highest BCUT2D eigenvalue weighted by molar-refractivity contribution is 5.94. The van der Waals surface area contributed by atoms with Crippen molar-refractivity contribution >= 4 is 41.9 Å². The number of benzene rings is 2. The molecule has 0 radical (unpaired) electrons. The summed E-state index contributed by atoms with van der Waals surface area (Å²) in [6.45, 7) is 7.10. The van der Waals surface area contributed by atoms with Gasteiger partial charge in [0, 0.05) is 13.0 Å². The number of phenolic OH excluding ortho intramolecular Hbond substituents is 1. The number of aromatic hydroxyl groups is 1. The van der Waals surface area contributed by atoms with Crippen LogP contribution in [-0.2, 0) is 36.8 Å². The molecule has 0 heterocycles. The summed E-state index contributed by atoms with van der Waals surface area (Å²) < 4.78 is 0. The molecule has 12 nitrogen and oxygen atoms in total. The molecule has 0 saturated carbocycles. The Balaban J connectivity index is 0.00000968. The van der Waals surface area contributed by atoms with Crippen LogP contribution in [0.5, 0.6) is 5.75 Å². The summed E-state index contributed by atoms with van der Waals surface area (Å²) in [7, 11) is 0. The maximum absolute atomic E-state index is 13.3. The lowest BCUT2D eigenvalue weighted by Gasteiger charge is -2.24.